The first-order chi connectivity index (χ1) is 17.3. The second kappa shape index (κ2) is 11.7. The highest BCUT2D eigenvalue weighted by atomic mass is 35.5. The van der Waals surface area contributed by atoms with Crippen LogP contribution in [0.2, 0.25) is 0 Å². The molecule has 1 amide bonds. The Balaban J connectivity index is 1.77. The molecule has 1 aliphatic heterocycles. The number of epoxide rings is 1. The van der Waals surface area contributed by atoms with Gasteiger partial charge in [-0.15, -0.1) is 11.6 Å². The highest BCUT2D eigenvalue weighted by molar-refractivity contribution is 6.38. The van der Waals surface area contributed by atoms with Crippen LogP contribution in [0.5, 0.6) is 0 Å². The molecule has 2 aliphatic carbocycles. The minimum absolute atomic E-state index is 0.199. The molecule has 3 fully saturated rings. The number of hydrogen-bond donors (Lipinski definition) is 2. The van der Waals surface area contributed by atoms with Gasteiger partial charge in [0.15, 0.2) is 22.9 Å². The highest BCUT2D eigenvalue weighted by Crippen LogP contribution is 2.56. The third-order valence-corrected chi connectivity index (χ3v) is 7.84. The molecular formula is C27H38ClNO8. The van der Waals surface area contributed by atoms with E-state index in [-0.39, 0.29) is 6.42 Å². The van der Waals surface area contributed by atoms with Crippen LogP contribution in [0.3, 0.4) is 0 Å². The molecule has 0 unspecified atom stereocenters. The van der Waals surface area contributed by atoms with Crippen molar-refractivity contribution in [2.75, 3.05) is 0 Å². The number of nitrogens with one attached hydrogen (secondary N) is 1. The Hall–Kier alpha value is -2.23. The van der Waals surface area contributed by atoms with Gasteiger partial charge < -0.3 is 24.6 Å². The monoisotopic (exact) mass is 539 g/mol. The molecule has 9 nitrogen and oxygen atoms in total. The molecule has 3 aliphatic rings. The van der Waals surface area contributed by atoms with E-state index in [4.69, 9.17) is 25.8 Å². The van der Waals surface area contributed by atoms with Crippen molar-refractivity contribution in [3.05, 3.63) is 23.8 Å². The Kier molecular flexibility index (Phi) is 9.24. The summed E-state index contributed by atoms with van der Waals surface area (Å²) in [4.78, 5) is 47.7. The number of carbonyl (C=O) groups is 4. The normalized spacial score (nSPS) is 35.5. The van der Waals surface area contributed by atoms with Crippen LogP contribution < -0.4 is 5.32 Å². The zero-order valence-electron chi connectivity index (χ0n) is 22.1. The number of ether oxygens (including phenoxy) is 3. The van der Waals surface area contributed by atoms with Crippen LogP contribution in [0.4, 0.5) is 0 Å². The number of alkyl halides is 1. The second-order valence-electron chi connectivity index (χ2n) is 10.5. The van der Waals surface area contributed by atoms with Gasteiger partial charge in [0, 0.05) is 26.3 Å². The Morgan fingerprint density at radius 2 is 1.84 bits per heavy atom. The van der Waals surface area contributed by atoms with Crippen molar-refractivity contribution in [1.82, 2.24) is 5.32 Å². The van der Waals surface area contributed by atoms with Crippen molar-refractivity contribution in [3.63, 3.8) is 0 Å². The Morgan fingerprint density at radius 1 is 1.16 bits per heavy atom. The van der Waals surface area contributed by atoms with Crippen molar-refractivity contribution in [2.45, 2.75) is 114 Å². The van der Waals surface area contributed by atoms with Crippen molar-refractivity contribution in [3.8, 4) is 0 Å². The van der Waals surface area contributed by atoms with Crippen LogP contribution in [-0.4, -0.2) is 69.7 Å². The summed E-state index contributed by atoms with van der Waals surface area (Å²) in [5.74, 6) is -2.32. The van der Waals surface area contributed by atoms with E-state index >= 15 is 0 Å². The lowest BCUT2D eigenvalue weighted by Crippen LogP contribution is -2.79. The number of hydrogen-bond acceptors (Lipinski definition) is 8. The largest absolute Gasteiger partial charge is 0.458 e. The van der Waals surface area contributed by atoms with Gasteiger partial charge in [0.1, 0.15) is 17.8 Å². The predicted octanol–water partition coefficient (Wildman–Crippen LogP) is 2.91. The molecule has 0 radical (unpaired) electrons. The fourth-order valence-electron chi connectivity index (χ4n) is 5.56. The van der Waals surface area contributed by atoms with E-state index in [1.165, 1.54) is 25.3 Å². The van der Waals surface area contributed by atoms with Crippen molar-refractivity contribution in [1.29, 1.82) is 0 Å². The summed E-state index contributed by atoms with van der Waals surface area (Å²) in [5, 5.41) is 14.2. The number of halogens is 1. The quantitative estimate of drug-likeness (QED) is 0.102. The van der Waals surface area contributed by atoms with Gasteiger partial charge in [0.05, 0.1) is 6.04 Å². The second-order valence-corrected chi connectivity index (χ2v) is 11.1. The summed E-state index contributed by atoms with van der Waals surface area (Å²) in [6, 6.07) is -1.04. The lowest BCUT2D eigenvalue weighted by molar-refractivity contribution is -0.206. The molecule has 2 N–H and O–H groups in total. The van der Waals surface area contributed by atoms with Crippen LogP contribution in [0.25, 0.3) is 0 Å². The SMILES string of the molecule is CCCCCC[C@@H](C)/C=C(C)/C=C/C(=O)N[C@H]1C[C@]2(O)[C@H]3O[C@H]3C(=O)[C@](Cl)([C@H]1OC(C)=O)[C@H]2OC(C)=O. The zero-order valence-corrected chi connectivity index (χ0v) is 22.9. The van der Waals surface area contributed by atoms with Gasteiger partial charge in [-0.25, -0.2) is 0 Å². The van der Waals surface area contributed by atoms with Gasteiger partial charge in [-0.1, -0.05) is 57.3 Å². The number of allylic oxidation sites excluding steroid dienone is 3. The van der Waals surface area contributed by atoms with Gasteiger partial charge in [-0.2, -0.15) is 0 Å². The van der Waals surface area contributed by atoms with E-state index < -0.39 is 64.6 Å². The van der Waals surface area contributed by atoms with E-state index in [9.17, 15) is 24.3 Å². The molecule has 0 aromatic carbocycles. The molecule has 1 heterocycles. The van der Waals surface area contributed by atoms with Gasteiger partial charge in [0.2, 0.25) is 5.91 Å². The van der Waals surface area contributed by atoms with E-state index in [1.807, 2.05) is 6.92 Å². The minimum atomic E-state index is -2.13. The Labute approximate surface area is 222 Å². The van der Waals surface area contributed by atoms with Gasteiger partial charge >= 0.3 is 11.9 Å². The van der Waals surface area contributed by atoms with Gasteiger partial charge in [-0.3, -0.25) is 19.2 Å². The molecule has 2 saturated carbocycles. The van der Waals surface area contributed by atoms with Gasteiger partial charge in [-0.05, 0) is 19.3 Å². The number of amides is 1. The zero-order chi connectivity index (χ0) is 27.5. The van der Waals surface area contributed by atoms with Crippen LogP contribution in [0.15, 0.2) is 23.8 Å². The molecule has 0 aromatic heterocycles. The van der Waals surface area contributed by atoms with Crippen LogP contribution in [-0.2, 0) is 33.4 Å². The maximum absolute atomic E-state index is 13.2. The standard InChI is InChI=1S/C27H38ClNO8/c1-6-7-8-9-10-15(2)13-16(3)11-12-20(32)29-19-14-26(34)24-21(37-24)22(33)27(28,23(19)35-17(4)30)25(26)36-18(5)31/h11-13,15,19,21,23-25,34H,6-10,14H2,1-5H3,(H,29,32)/b12-11+,16-13+/t15-,19+,21+,23+,24+,25+,26+,27+/m1/s1. The molecule has 0 aromatic rings. The van der Waals surface area contributed by atoms with Crippen molar-refractivity contribution in [2.24, 2.45) is 5.92 Å². The summed E-state index contributed by atoms with van der Waals surface area (Å²) in [5.41, 5.74) is -0.935. The number of ketones is 1. The topological polar surface area (TPSA) is 132 Å². The number of fused-ring (bicyclic) bond motifs is 4. The van der Waals surface area contributed by atoms with E-state index in [0.717, 1.165) is 32.3 Å². The number of unbranched alkanes of at least 4 members (excludes halogenated alkanes) is 3. The minimum Gasteiger partial charge on any atom is -0.458 e. The summed E-state index contributed by atoms with van der Waals surface area (Å²) in [6.07, 6.45) is 5.93. The first-order valence-corrected chi connectivity index (χ1v) is 13.3. The Bertz CT molecular complexity index is 979. The number of aliphatic hydroxyl groups is 1. The average molecular weight is 540 g/mol. The maximum atomic E-state index is 13.2. The van der Waals surface area contributed by atoms with Crippen LogP contribution in [0.1, 0.15) is 73.1 Å². The van der Waals surface area contributed by atoms with E-state index in [2.05, 4.69) is 25.2 Å². The first-order valence-electron chi connectivity index (χ1n) is 13.0. The molecule has 3 rings (SSSR count). The van der Waals surface area contributed by atoms with Crippen LogP contribution in [0, 0.1) is 5.92 Å². The maximum Gasteiger partial charge on any atom is 0.303 e. The summed E-state index contributed by atoms with van der Waals surface area (Å²) >= 11 is 6.79. The molecule has 2 bridgehead atoms. The third kappa shape index (κ3) is 6.26. The van der Waals surface area contributed by atoms with Gasteiger partial charge in [0.25, 0.3) is 0 Å². The number of Topliss-reactive ketones (excluding diaryl/α,β-unsaturated/α-hetero) is 1. The average Bonchev–Trinajstić information content (AvgIpc) is 3.61. The number of esters is 2. The lowest BCUT2D eigenvalue weighted by atomic mass is 9.62. The van der Waals surface area contributed by atoms with Crippen LogP contribution >= 0.6 is 11.6 Å². The molecule has 37 heavy (non-hydrogen) atoms. The number of carbonyl (C=O) groups excluding carboxylic acids is 4. The van der Waals surface area contributed by atoms with Crippen molar-refractivity contribution < 1.29 is 38.5 Å². The van der Waals surface area contributed by atoms with Crippen molar-refractivity contribution >= 4 is 35.2 Å². The predicted molar refractivity (Wildman–Crippen MR) is 136 cm³/mol. The molecule has 1 saturated heterocycles. The fourth-order valence-corrected chi connectivity index (χ4v) is 6.10. The molecule has 206 valence electrons. The summed E-state index contributed by atoms with van der Waals surface area (Å²) in [7, 11) is 0. The van der Waals surface area contributed by atoms with E-state index in [0.29, 0.717) is 5.92 Å². The summed E-state index contributed by atoms with van der Waals surface area (Å²) < 4.78 is 16.1. The molecule has 8 atom stereocenters. The molecule has 0 spiro atoms. The highest BCUT2D eigenvalue weighted by Gasteiger charge is 2.80. The first kappa shape index (κ1) is 29.3. The molecular weight excluding hydrogens is 502 g/mol. The summed E-state index contributed by atoms with van der Waals surface area (Å²) in [6.45, 7) is 8.48. The molecule has 10 heteroatoms. The third-order valence-electron chi connectivity index (χ3n) is 7.24. The fraction of sp³-hybridized carbons (Fsp3) is 0.704. The lowest BCUT2D eigenvalue weighted by Gasteiger charge is -2.54. The smallest absolute Gasteiger partial charge is 0.303 e. The van der Waals surface area contributed by atoms with E-state index in [1.54, 1.807) is 6.08 Å². The Morgan fingerprint density at radius 3 is 2.46 bits per heavy atom. The number of rotatable bonds is 11.